The number of benzene rings is 1. The van der Waals surface area contributed by atoms with Crippen LogP contribution in [0, 0.1) is 23.5 Å². The molecule has 1 aromatic carbocycles. The number of thioether (sulfide) groups is 1. The number of hydrogen-bond donors (Lipinski definition) is 2. The van der Waals surface area contributed by atoms with Crippen molar-refractivity contribution in [2.24, 2.45) is 11.8 Å². The summed E-state index contributed by atoms with van der Waals surface area (Å²) in [6, 6.07) is 3.74. The maximum atomic E-state index is 13.5. The molecule has 0 aromatic heterocycles. The maximum absolute atomic E-state index is 13.5. The molecular formula is C17H18F2N2OS. The zero-order valence-electron chi connectivity index (χ0n) is 12.7. The monoisotopic (exact) mass is 336 g/mol. The van der Waals surface area contributed by atoms with Crippen LogP contribution in [-0.4, -0.2) is 11.3 Å². The minimum atomic E-state index is -0.897. The molecule has 0 spiro atoms. The third-order valence-electron chi connectivity index (χ3n) is 4.92. The quantitative estimate of drug-likeness (QED) is 0.825. The molecule has 1 saturated heterocycles. The van der Waals surface area contributed by atoms with Crippen LogP contribution in [-0.2, 0) is 4.79 Å². The van der Waals surface area contributed by atoms with Crippen molar-refractivity contribution in [3.05, 3.63) is 45.9 Å². The Labute approximate surface area is 137 Å². The zero-order valence-corrected chi connectivity index (χ0v) is 13.6. The highest BCUT2D eigenvalue weighted by Crippen LogP contribution is 2.50. The van der Waals surface area contributed by atoms with E-state index in [4.69, 9.17) is 0 Å². The van der Waals surface area contributed by atoms with Gasteiger partial charge in [0, 0.05) is 0 Å². The summed E-state index contributed by atoms with van der Waals surface area (Å²) in [5.41, 5.74) is 1.81. The summed E-state index contributed by atoms with van der Waals surface area (Å²) in [5, 5.41) is 6.27. The fraction of sp³-hybridized carbons (Fsp3) is 0.471. The fourth-order valence-corrected chi connectivity index (χ4v) is 5.38. The largest absolute Gasteiger partial charge is 0.336 e. The van der Waals surface area contributed by atoms with Crippen molar-refractivity contribution in [3.8, 4) is 0 Å². The Bertz CT molecular complexity index is 706. The van der Waals surface area contributed by atoms with Crippen LogP contribution in [0.15, 0.2) is 28.7 Å². The molecular weight excluding hydrogens is 318 g/mol. The molecule has 0 saturated carbocycles. The second kappa shape index (κ2) is 5.60. The van der Waals surface area contributed by atoms with Crippen molar-refractivity contribution in [1.29, 1.82) is 0 Å². The maximum Gasteiger partial charge on any atom is 0.231 e. The summed E-state index contributed by atoms with van der Waals surface area (Å²) >= 11 is 1.73. The summed E-state index contributed by atoms with van der Waals surface area (Å²) in [5.74, 6) is -1.27. The molecule has 3 aliphatic rings. The van der Waals surface area contributed by atoms with Crippen molar-refractivity contribution in [2.45, 2.75) is 37.7 Å². The van der Waals surface area contributed by atoms with Crippen LogP contribution in [0.4, 0.5) is 8.78 Å². The normalized spacial score (nSPS) is 33.3. The first-order chi connectivity index (χ1) is 11.0. The van der Waals surface area contributed by atoms with E-state index in [-0.39, 0.29) is 17.2 Å². The highest BCUT2D eigenvalue weighted by molar-refractivity contribution is 8.04. The lowest BCUT2D eigenvalue weighted by molar-refractivity contribution is -0.127. The highest BCUT2D eigenvalue weighted by atomic mass is 32.2. The van der Waals surface area contributed by atoms with Gasteiger partial charge in [0.1, 0.15) is 6.17 Å². The van der Waals surface area contributed by atoms with E-state index in [1.54, 1.807) is 11.8 Å². The van der Waals surface area contributed by atoms with E-state index in [0.717, 1.165) is 31.4 Å². The van der Waals surface area contributed by atoms with Gasteiger partial charge in [-0.3, -0.25) is 10.1 Å². The standard InChI is InChI=1S/C17H18F2N2OS/c1-8-2-4-10-13(6-8)23-17-14(10)16(22)20-15(21-17)9-3-5-11(18)12(19)7-9/h3,5,7-8,14-15,17,21H,2,4,6H2,1H3,(H,20,22). The number of hydrogen-bond acceptors (Lipinski definition) is 3. The van der Waals surface area contributed by atoms with Crippen molar-refractivity contribution < 1.29 is 13.6 Å². The number of nitrogens with one attached hydrogen (secondary N) is 2. The van der Waals surface area contributed by atoms with Crippen molar-refractivity contribution >= 4 is 17.7 Å². The summed E-state index contributed by atoms with van der Waals surface area (Å²) in [6.45, 7) is 2.24. The van der Waals surface area contributed by atoms with Crippen LogP contribution < -0.4 is 10.6 Å². The Kier molecular flexibility index (Phi) is 3.69. The second-order valence-corrected chi connectivity index (χ2v) is 7.83. The number of allylic oxidation sites excluding steroid dienone is 1. The summed E-state index contributed by atoms with van der Waals surface area (Å²) < 4.78 is 26.6. The van der Waals surface area contributed by atoms with Crippen LogP contribution in [0.2, 0.25) is 0 Å². The topological polar surface area (TPSA) is 41.1 Å². The smallest absolute Gasteiger partial charge is 0.231 e. The molecule has 122 valence electrons. The lowest BCUT2D eigenvalue weighted by atomic mass is 9.83. The van der Waals surface area contributed by atoms with Gasteiger partial charge in [0.15, 0.2) is 11.6 Å². The van der Waals surface area contributed by atoms with Crippen LogP contribution in [0.5, 0.6) is 0 Å². The number of amides is 1. The number of carbonyl (C=O) groups excluding carboxylic acids is 1. The molecule has 2 N–H and O–H groups in total. The van der Waals surface area contributed by atoms with Gasteiger partial charge in [-0.2, -0.15) is 0 Å². The average Bonchev–Trinajstić information content (AvgIpc) is 2.87. The summed E-state index contributed by atoms with van der Waals surface area (Å²) in [7, 11) is 0. The van der Waals surface area contributed by atoms with Crippen molar-refractivity contribution in [1.82, 2.24) is 10.6 Å². The van der Waals surface area contributed by atoms with Gasteiger partial charge in [-0.1, -0.05) is 13.0 Å². The van der Waals surface area contributed by atoms with E-state index in [2.05, 4.69) is 17.6 Å². The van der Waals surface area contributed by atoms with Gasteiger partial charge < -0.3 is 5.32 Å². The predicted molar refractivity (Wildman–Crippen MR) is 85.3 cm³/mol. The van der Waals surface area contributed by atoms with Crippen LogP contribution in [0.1, 0.15) is 37.9 Å². The molecule has 4 rings (SSSR count). The Morgan fingerprint density at radius 2 is 2.09 bits per heavy atom. The van der Waals surface area contributed by atoms with Gasteiger partial charge in [-0.05, 0) is 53.4 Å². The molecule has 1 aliphatic carbocycles. The van der Waals surface area contributed by atoms with Gasteiger partial charge >= 0.3 is 0 Å². The van der Waals surface area contributed by atoms with Gasteiger partial charge in [-0.15, -0.1) is 11.8 Å². The molecule has 1 amide bonds. The molecule has 1 fully saturated rings. The average molecular weight is 336 g/mol. The highest BCUT2D eigenvalue weighted by Gasteiger charge is 2.46. The molecule has 6 heteroatoms. The Balaban J connectivity index is 1.57. The Hall–Kier alpha value is -1.40. The Morgan fingerprint density at radius 3 is 2.87 bits per heavy atom. The van der Waals surface area contributed by atoms with E-state index in [9.17, 15) is 13.6 Å². The molecule has 4 unspecified atom stereocenters. The third kappa shape index (κ3) is 2.58. The van der Waals surface area contributed by atoms with E-state index in [1.165, 1.54) is 16.5 Å². The molecule has 2 aliphatic heterocycles. The van der Waals surface area contributed by atoms with Gasteiger partial charge in [0.05, 0.1) is 11.3 Å². The molecule has 0 radical (unpaired) electrons. The number of rotatable bonds is 1. The van der Waals surface area contributed by atoms with Crippen molar-refractivity contribution in [2.75, 3.05) is 0 Å². The first-order valence-electron chi connectivity index (χ1n) is 7.93. The first-order valence-corrected chi connectivity index (χ1v) is 8.81. The SMILES string of the molecule is CC1CCC2=C(C1)SC1NC(c3ccc(F)c(F)c3)NC(=O)C21. The minimum Gasteiger partial charge on any atom is -0.336 e. The zero-order chi connectivity index (χ0) is 16.1. The molecule has 0 bridgehead atoms. The van der Waals surface area contributed by atoms with Crippen LogP contribution in [0.3, 0.4) is 0 Å². The van der Waals surface area contributed by atoms with Crippen molar-refractivity contribution in [3.63, 3.8) is 0 Å². The fourth-order valence-electron chi connectivity index (χ4n) is 3.68. The molecule has 4 atom stereocenters. The second-order valence-electron chi connectivity index (χ2n) is 6.59. The molecule has 1 aromatic rings. The van der Waals surface area contributed by atoms with E-state index >= 15 is 0 Å². The first kappa shape index (κ1) is 15.1. The molecule has 23 heavy (non-hydrogen) atoms. The van der Waals surface area contributed by atoms with E-state index < -0.39 is 17.8 Å². The summed E-state index contributed by atoms with van der Waals surface area (Å²) in [4.78, 5) is 13.9. The number of fused-ring (bicyclic) bond motifs is 2. The molecule has 2 heterocycles. The van der Waals surface area contributed by atoms with E-state index in [0.29, 0.717) is 11.5 Å². The summed E-state index contributed by atoms with van der Waals surface area (Å²) in [6.07, 6.45) is 2.67. The van der Waals surface area contributed by atoms with Gasteiger partial charge in [0.2, 0.25) is 5.91 Å². The minimum absolute atomic E-state index is 0.0165. The van der Waals surface area contributed by atoms with Crippen LogP contribution in [0.25, 0.3) is 0 Å². The Morgan fingerprint density at radius 1 is 1.26 bits per heavy atom. The van der Waals surface area contributed by atoms with Gasteiger partial charge in [-0.25, -0.2) is 8.78 Å². The number of carbonyl (C=O) groups is 1. The van der Waals surface area contributed by atoms with E-state index in [1.807, 2.05) is 0 Å². The lowest BCUT2D eigenvalue weighted by Crippen LogP contribution is -2.54. The lowest BCUT2D eigenvalue weighted by Gasteiger charge is -2.34. The molecule has 3 nitrogen and oxygen atoms in total. The third-order valence-corrected chi connectivity index (χ3v) is 6.30. The van der Waals surface area contributed by atoms with Crippen LogP contribution >= 0.6 is 11.8 Å². The predicted octanol–water partition coefficient (Wildman–Crippen LogP) is 3.45. The van der Waals surface area contributed by atoms with Gasteiger partial charge in [0.25, 0.3) is 0 Å². The number of halogens is 2.